The maximum absolute atomic E-state index is 13.4. The van der Waals surface area contributed by atoms with Gasteiger partial charge in [-0.15, -0.1) is 0 Å². The van der Waals surface area contributed by atoms with E-state index in [0.717, 1.165) is 0 Å². The Morgan fingerprint density at radius 1 is 0.528 bits per heavy atom. The molecule has 36 heavy (non-hydrogen) atoms. The quantitative estimate of drug-likeness (QED) is 0.253. The van der Waals surface area contributed by atoms with Crippen LogP contribution < -0.4 is 18.9 Å². The molecule has 8 nitrogen and oxygen atoms in total. The van der Waals surface area contributed by atoms with Gasteiger partial charge in [-0.3, -0.25) is 9.44 Å². The van der Waals surface area contributed by atoms with E-state index in [4.69, 9.17) is 32.7 Å². The molecule has 0 aliphatic carbocycles. The zero-order valence-corrected chi connectivity index (χ0v) is 21.2. The van der Waals surface area contributed by atoms with Crippen molar-refractivity contribution in [3.8, 4) is 23.0 Å². The van der Waals surface area contributed by atoms with Crippen molar-refractivity contribution in [2.75, 3.05) is 9.44 Å². The summed E-state index contributed by atoms with van der Waals surface area (Å²) in [6, 6.07) is 20.4. The van der Waals surface area contributed by atoms with Crippen LogP contribution in [0.15, 0.2) is 94.7 Å². The molecule has 12 heteroatoms. The summed E-state index contributed by atoms with van der Waals surface area (Å²) < 4.78 is 70.5. The standard InChI is InChI=1S/C24H16Cl2N2O6S2/c25-15-9-11-19-17(13-15)28-36(31,32)24-8-4-2-6-22(24)34-20-12-10-16(26)14-18(20)27-35(29,30)23-7-3-1-5-21(23)33-19/h1-14,27-28H. The van der Waals surface area contributed by atoms with Gasteiger partial charge >= 0.3 is 0 Å². The molecule has 0 fully saturated rings. The minimum atomic E-state index is -4.21. The van der Waals surface area contributed by atoms with Crippen LogP contribution >= 0.6 is 23.2 Å². The summed E-state index contributed by atoms with van der Waals surface area (Å²) in [6.45, 7) is 0. The second-order valence-electron chi connectivity index (χ2n) is 7.59. The third-order valence-corrected chi connectivity index (χ3v) is 8.37. The van der Waals surface area contributed by atoms with Crippen molar-refractivity contribution in [1.82, 2.24) is 0 Å². The van der Waals surface area contributed by atoms with Crippen LogP contribution in [0.4, 0.5) is 11.4 Å². The van der Waals surface area contributed by atoms with Crippen LogP contribution in [0.1, 0.15) is 0 Å². The summed E-state index contributed by atoms with van der Waals surface area (Å²) in [7, 11) is -8.42. The number of nitrogens with one attached hydrogen (secondary N) is 2. The molecule has 2 N–H and O–H groups in total. The number of sulfonamides is 2. The molecule has 1 aliphatic heterocycles. The fraction of sp³-hybridized carbons (Fsp3) is 0. The van der Waals surface area contributed by atoms with Crippen LogP contribution in [0, 0.1) is 0 Å². The average molecular weight is 563 g/mol. The minimum absolute atomic E-state index is 0.00158. The van der Waals surface area contributed by atoms with E-state index >= 15 is 0 Å². The van der Waals surface area contributed by atoms with Gasteiger partial charge in [0, 0.05) is 10.0 Å². The van der Waals surface area contributed by atoms with E-state index in [1.54, 1.807) is 12.1 Å². The summed E-state index contributed by atoms with van der Waals surface area (Å²) in [5, 5.41) is 0.471. The first-order valence-electron chi connectivity index (χ1n) is 10.3. The molecular formula is C24H16Cl2N2O6S2. The number of rotatable bonds is 0. The number of halogens is 2. The van der Waals surface area contributed by atoms with Crippen LogP contribution in [-0.4, -0.2) is 16.8 Å². The van der Waals surface area contributed by atoms with Crippen molar-refractivity contribution in [2.45, 2.75) is 9.79 Å². The van der Waals surface area contributed by atoms with Gasteiger partial charge in [-0.2, -0.15) is 0 Å². The van der Waals surface area contributed by atoms with E-state index in [9.17, 15) is 16.8 Å². The largest absolute Gasteiger partial charge is 0.454 e. The van der Waals surface area contributed by atoms with Crippen LogP contribution in [0.25, 0.3) is 0 Å². The predicted octanol–water partition coefficient (Wildman–Crippen LogP) is 6.49. The number of fused-ring (bicyclic) bond motifs is 4. The van der Waals surface area contributed by atoms with Crippen molar-refractivity contribution < 1.29 is 26.3 Å². The van der Waals surface area contributed by atoms with Gasteiger partial charge < -0.3 is 9.47 Å². The SMILES string of the molecule is O=S1(=O)Nc2cc(Cl)ccc2Oc2ccccc2S(=O)(=O)Nc2cc(Cl)ccc2Oc2ccccc21. The van der Waals surface area contributed by atoms with Crippen molar-refractivity contribution in [1.29, 1.82) is 0 Å². The van der Waals surface area contributed by atoms with Crippen LogP contribution in [-0.2, 0) is 20.0 Å². The summed E-state index contributed by atoms with van der Waals surface area (Å²) in [5.41, 5.74) is 0.00316. The van der Waals surface area contributed by atoms with Crippen molar-refractivity contribution in [2.24, 2.45) is 0 Å². The highest BCUT2D eigenvalue weighted by Crippen LogP contribution is 2.40. The molecule has 0 atom stereocenters. The Hall–Kier alpha value is -3.44. The van der Waals surface area contributed by atoms with Crippen molar-refractivity contribution in [3.63, 3.8) is 0 Å². The Kier molecular flexibility index (Phi) is 6.21. The van der Waals surface area contributed by atoms with Gasteiger partial charge in [0.2, 0.25) is 0 Å². The highest BCUT2D eigenvalue weighted by atomic mass is 35.5. The first kappa shape index (κ1) is 24.3. The van der Waals surface area contributed by atoms with Gasteiger partial charge in [0.1, 0.15) is 21.3 Å². The lowest BCUT2D eigenvalue weighted by Crippen LogP contribution is -2.17. The van der Waals surface area contributed by atoms with Crippen molar-refractivity contribution >= 4 is 54.6 Å². The monoisotopic (exact) mass is 562 g/mol. The number of benzene rings is 4. The molecule has 0 bridgehead atoms. The maximum Gasteiger partial charge on any atom is 0.265 e. The third kappa shape index (κ3) is 4.80. The molecule has 1 heterocycles. The van der Waals surface area contributed by atoms with E-state index in [-0.39, 0.29) is 54.2 Å². The molecule has 0 unspecified atom stereocenters. The number of hydrogen-bond donors (Lipinski definition) is 2. The van der Waals surface area contributed by atoms with Crippen LogP contribution in [0.3, 0.4) is 0 Å². The zero-order valence-electron chi connectivity index (χ0n) is 18.1. The number of hydrogen-bond acceptors (Lipinski definition) is 6. The fourth-order valence-corrected chi connectivity index (χ4v) is 6.22. The first-order chi connectivity index (χ1) is 17.1. The topological polar surface area (TPSA) is 111 Å². The molecule has 184 valence electrons. The molecule has 0 spiro atoms. The summed E-state index contributed by atoms with van der Waals surface area (Å²) in [6.07, 6.45) is 0. The Morgan fingerprint density at radius 2 is 0.917 bits per heavy atom. The van der Waals surface area contributed by atoms with Gasteiger partial charge in [-0.05, 0) is 60.7 Å². The molecule has 4 aromatic rings. The molecule has 0 aromatic heterocycles. The highest BCUT2D eigenvalue weighted by Gasteiger charge is 2.26. The van der Waals surface area contributed by atoms with E-state index in [0.29, 0.717) is 0 Å². The lowest BCUT2D eigenvalue weighted by molar-refractivity contribution is 0.466. The summed E-state index contributed by atoms with van der Waals surface area (Å²) in [5.74, 6) is -0.0292. The van der Waals surface area contributed by atoms with Crippen LogP contribution in [0.5, 0.6) is 23.0 Å². The van der Waals surface area contributed by atoms with Crippen LogP contribution in [0.2, 0.25) is 10.0 Å². The Morgan fingerprint density at radius 3 is 1.33 bits per heavy atom. The Balaban J connectivity index is 1.78. The smallest absolute Gasteiger partial charge is 0.265 e. The summed E-state index contributed by atoms with van der Waals surface area (Å²) in [4.78, 5) is -0.394. The van der Waals surface area contributed by atoms with Gasteiger partial charge in [0.25, 0.3) is 20.0 Å². The molecule has 0 radical (unpaired) electrons. The molecule has 1 aliphatic rings. The minimum Gasteiger partial charge on any atom is -0.454 e. The number of para-hydroxylation sites is 2. The van der Waals surface area contributed by atoms with E-state index < -0.39 is 20.0 Å². The maximum atomic E-state index is 13.4. The molecular weight excluding hydrogens is 547 g/mol. The van der Waals surface area contributed by atoms with E-state index in [1.807, 2.05) is 0 Å². The second-order valence-corrected chi connectivity index (χ2v) is 11.8. The first-order valence-corrected chi connectivity index (χ1v) is 14.0. The zero-order chi connectivity index (χ0) is 25.5. The average Bonchev–Trinajstić information content (AvgIpc) is 2.82. The number of ether oxygens (including phenoxy) is 2. The molecule has 0 saturated carbocycles. The van der Waals surface area contributed by atoms with Gasteiger partial charge in [-0.1, -0.05) is 47.5 Å². The Labute approximate surface area is 217 Å². The third-order valence-electron chi connectivity index (χ3n) is 5.09. The van der Waals surface area contributed by atoms with Gasteiger partial charge in [0.05, 0.1) is 11.4 Å². The predicted molar refractivity (Wildman–Crippen MR) is 138 cm³/mol. The highest BCUT2D eigenvalue weighted by molar-refractivity contribution is 7.93. The lowest BCUT2D eigenvalue weighted by atomic mass is 10.3. The number of anilines is 2. The van der Waals surface area contributed by atoms with Gasteiger partial charge in [0.15, 0.2) is 11.5 Å². The van der Waals surface area contributed by atoms with Gasteiger partial charge in [-0.25, -0.2) is 16.8 Å². The molecule has 0 amide bonds. The van der Waals surface area contributed by atoms with E-state index in [2.05, 4.69) is 9.44 Å². The summed E-state index contributed by atoms with van der Waals surface area (Å²) >= 11 is 12.3. The van der Waals surface area contributed by atoms with Crippen molar-refractivity contribution in [3.05, 3.63) is 95.0 Å². The molecule has 5 rings (SSSR count). The molecule has 4 aromatic carbocycles. The lowest BCUT2D eigenvalue weighted by Gasteiger charge is -2.20. The second kappa shape index (κ2) is 9.21. The molecule has 0 saturated heterocycles. The fourth-order valence-electron chi connectivity index (χ4n) is 3.49. The van der Waals surface area contributed by atoms with E-state index in [1.165, 1.54) is 72.8 Å². The normalized spacial score (nSPS) is 15.6. The Bertz CT molecular complexity index is 1580.